The van der Waals surface area contributed by atoms with Gasteiger partial charge in [0.2, 0.25) is 0 Å². The normalized spacial score (nSPS) is 15.8. The molecule has 0 aliphatic carbocycles. The molecule has 0 unspecified atom stereocenters. The summed E-state index contributed by atoms with van der Waals surface area (Å²) in [4.78, 5) is 28.5. The van der Waals surface area contributed by atoms with Gasteiger partial charge in [-0.3, -0.25) is 14.5 Å². The lowest BCUT2D eigenvalue weighted by Gasteiger charge is -2.22. The topological polar surface area (TPSA) is 59.1 Å². The van der Waals surface area contributed by atoms with Crippen molar-refractivity contribution in [3.8, 4) is 5.75 Å². The zero-order chi connectivity index (χ0) is 19.1. The molecule has 2 rings (SSSR count). The molecule has 0 aromatic heterocycles. The van der Waals surface area contributed by atoms with Crippen molar-refractivity contribution in [1.29, 1.82) is 0 Å². The number of amides is 2. The summed E-state index contributed by atoms with van der Waals surface area (Å²) in [5.74, 6) is 0.423. The van der Waals surface area contributed by atoms with Gasteiger partial charge in [0, 0.05) is 50.7 Å². The Morgan fingerprint density at radius 2 is 1.92 bits per heavy atom. The van der Waals surface area contributed by atoms with Crippen LogP contribution in [0.5, 0.6) is 5.75 Å². The fraction of sp³-hybridized carbons (Fsp3) is 0.474. The van der Waals surface area contributed by atoms with Gasteiger partial charge >= 0.3 is 0 Å². The quantitative estimate of drug-likeness (QED) is 0.483. The number of carbonyl (C=O) groups excluding carboxylic acids is 2. The monoisotopic (exact) mass is 378 g/mol. The van der Waals surface area contributed by atoms with E-state index in [4.69, 9.17) is 9.47 Å². The van der Waals surface area contributed by atoms with Crippen LogP contribution < -0.4 is 9.64 Å². The number of methoxy groups -OCH3 is 2. The first-order valence-corrected chi connectivity index (χ1v) is 9.54. The fourth-order valence-electron chi connectivity index (χ4n) is 2.81. The standard InChI is InChI=1S/C19H26N2O4S/c1-5-20(6-2)15-9-8-14(16(13-15)25-4)12-17-18(22)21(19(23)26-17)10-7-11-24-3/h8-9,12-13H,5-7,10-11H2,1-4H3/b17-12+. The molecule has 1 aromatic carbocycles. The number of carbonyl (C=O) groups is 2. The molecule has 6 nitrogen and oxygen atoms in total. The fourth-order valence-corrected chi connectivity index (χ4v) is 3.66. The van der Waals surface area contributed by atoms with Crippen molar-refractivity contribution < 1.29 is 19.1 Å². The first kappa shape index (κ1) is 20.3. The van der Waals surface area contributed by atoms with Crippen LogP contribution in [-0.2, 0) is 9.53 Å². The molecule has 1 aliphatic rings. The number of thioether (sulfide) groups is 1. The molecule has 7 heteroatoms. The molecular weight excluding hydrogens is 352 g/mol. The molecule has 0 N–H and O–H groups in total. The van der Waals surface area contributed by atoms with Crippen molar-refractivity contribution in [3.05, 3.63) is 28.7 Å². The van der Waals surface area contributed by atoms with Crippen LogP contribution in [0.4, 0.5) is 10.5 Å². The van der Waals surface area contributed by atoms with Gasteiger partial charge < -0.3 is 14.4 Å². The van der Waals surface area contributed by atoms with E-state index in [1.165, 1.54) is 4.90 Å². The summed E-state index contributed by atoms with van der Waals surface area (Å²) in [6, 6.07) is 5.89. The number of rotatable bonds is 9. The predicted octanol–water partition coefficient (Wildman–Crippen LogP) is 3.61. The summed E-state index contributed by atoms with van der Waals surface area (Å²) < 4.78 is 10.5. The molecule has 1 saturated heterocycles. The molecular formula is C19H26N2O4S. The maximum absolute atomic E-state index is 12.5. The predicted molar refractivity (Wildman–Crippen MR) is 106 cm³/mol. The summed E-state index contributed by atoms with van der Waals surface area (Å²) in [7, 11) is 3.21. The average molecular weight is 378 g/mol. The highest BCUT2D eigenvalue weighted by Crippen LogP contribution is 2.35. The molecule has 0 bridgehead atoms. The maximum atomic E-state index is 12.5. The van der Waals surface area contributed by atoms with Gasteiger partial charge in [-0.25, -0.2) is 0 Å². The Bertz CT molecular complexity index is 686. The van der Waals surface area contributed by atoms with E-state index in [2.05, 4.69) is 18.7 Å². The summed E-state index contributed by atoms with van der Waals surface area (Å²) in [5.41, 5.74) is 1.85. The van der Waals surface area contributed by atoms with E-state index in [1.54, 1.807) is 20.3 Å². The molecule has 0 atom stereocenters. The molecule has 26 heavy (non-hydrogen) atoms. The molecule has 0 radical (unpaired) electrons. The minimum absolute atomic E-state index is 0.240. The molecule has 0 spiro atoms. The third-order valence-electron chi connectivity index (χ3n) is 4.24. The first-order chi connectivity index (χ1) is 12.5. The number of benzene rings is 1. The second kappa shape index (κ2) is 9.64. The van der Waals surface area contributed by atoms with E-state index < -0.39 is 0 Å². The summed E-state index contributed by atoms with van der Waals surface area (Å²) in [6.45, 7) is 6.89. The Morgan fingerprint density at radius 1 is 1.19 bits per heavy atom. The molecule has 142 valence electrons. The minimum Gasteiger partial charge on any atom is -0.496 e. The molecule has 1 heterocycles. The first-order valence-electron chi connectivity index (χ1n) is 8.72. The van der Waals surface area contributed by atoms with Crippen molar-refractivity contribution in [2.45, 2.75) is 20.3 Å². The van der Waals surface area contributed by atoms with E-state index in [1.807, 2.05) is 18.2 Å². The Kier molecular flexibility index (Phi) is 7.53. The third-order valence-corrected chi connectivity index (χ3v) is 5.14. The van der Waals surface area contributed by atoms with Crippen molar-refractivity contribution in [2.75, 3.05) is 45.4 Å². The zero-order valence-corrected chi connectivity index (χ0v) is 16.6. The van der Waals surface area contributed by atoms with Gasteiger partial charge in [-0.2, -0.15) is 0 Å². The number of imide groups is 1. The van der Waals surface area contributed by atoms with Crippen molar-refractivity contribution in [1.82, 2.24) is 4.90 Å². The van der Waals surface area contributed by atoms with Crippen molar-refractivity contribution >= 4 is 34.7 Å². The SMILES string of the molecule is CCN(CC)c1ccc(/C=C2/SC(=O)N(CCCOC)C2=O)c(OC)c1. The number of ether oxygens (including phenoxy) is 2. The van der Waals surface area contributed by atoms with Gasteiger partial charge in [-0.1, -0.05) is 0 Å². The second-order valence-corrected chi connectivity index (χ2v) is 6.77. The van der Waals surface area contributed by atoms with Crippen molar-refractivity contribution in [3.63, 3.8) is 0 Å². The lowest BCUT2D eigenvalue weighted by atomic mass is 10.1. The molecule has 1 aliphatic heterocycles. The van der Waals surface area contributed by atoms with Crippen LogP contribution in [0.3, 0.4) is 0 Å². The Morgan fingerprint density at radius 3 is 2.54 bits per heavy atom. The third kappa shape index (κ3) is 4.59. The number of nitrogens with zero attached hydrogens (tertiary/aromatic N) is 2. The Hall–Kier alpha value is -1.99. The van der Waals surface area contributed by atoms with Gasteiger partial charge in [-0.15, -0.1) is 0 Å². The smallest absolute Gasteiger partial charge is 0.293 e. The van der Waals surface area contributed by atoms with Gasteiger partial charge in [0.25, 0.3) is 11.1 Å². The highest BCUT2D eigenvalue weighted by molar-refractivity contribution is 8.18. The van der Waals surface area contributed by atoms with Crippen LogP contribution in [0.15, 0.2) is 23.1 Å². The number of hydrogen-bond donors (Lipinski definition) is 0. The summed E-state index contributed by atoms with van der Waals surface area (Å²) >= 11 is 0.965. The minimum atomic E-state index is -0.258. The highest BCUT2D eigenvalue weighted by Gasteiger charge is 2.34. The lowest BCUT2D eigenvalue weighted by Crippen LogP contribution is -2.29. The summed E-state index contributed by atoms with van der Waals surface area (Å²) in [5, 5.41) is -0.240. The molecule has 1 aromatic rings. The molecule has 1 fully saturated rings. The summed E-state index contributed by atoms with van der Waals surface area (Å²) in [6.07, 6.45) is 2.36. The lowest BCUT2D eigenvalue weighted by molar-refractivity contribution is -0.122. The van der Waals surface area contributed by atoms with E-state index in [0.29, 0.717) is 30.2 Å². The van der Waals surface area contributed by atoms with Gasteiger partial charge in [-0.05, 0) is 50.2 Å². The van der Waals surface area contributed by atoms with E-state index >= 15 is 0 Å². The van der Waals surface area contributed by atoms with Crippen LogP contribution in [0.2, 0.25) is 0 Å². The van der Waals surface area contributed by atoms with E-state index in [-0.39, 0.29) is 11.1 Å². The largest absolute Gasteiger partial charge is 0.496 e. The Labute approximate surface area is 159 Å². The van der Waals surface area contributed by atoms with Gasteiger partial charge in [0.1, 0.15) is 5.75 Å². The van der Waals surface area contributed by atoms with Gasteiger partial charge in [0.05, 0.1) is 12.0 Å². The second-order valence-electron chi connectivity index (χ2n) is 5.78. The number of hydrogen-bond acceptors (Lipinski definition) is 6. The maximum Gasteiger partial charge on any atom is 0.293 e. The zero-order valence-electron chi connectivity index (χ0n) is 15.8. The number of anilines is 1. The van der Waals surface area contributed by atoms with E-state index in [0.717, 1.165) is 36.1 Å². The van der Waals surface area contributed by atoms with Crippen LogP contribution in [0.25, 0.3) is 6.08 Å². The van der Waals surface area contributed by atoms with Crippen LogP contribution in [-0.4, -0.2) is 56.5 Å². The van der Waals surface area contributed by atoms with E-state index in [9.17, 15) is 9.59 Å². The Balaban J connectivity index is 2.23. The molecule has 0 saturated carbocycles. The van der Waals surface area contributed by atoms with Crippen molar-refractivity contribution in [2.24, 2.45) is 0 Å². The molecule has 2 amide bonds. The average Bonchev–Trinajstić information content (AvgIpc) is 2.91. The van der Waals surface area contributed by atoms with Crippen LogP contribution in [0.1, 0.15) is 25.8 Å². The van der Waals surface area contributed by atoms with Crippen LogP contribution >= 0.6 is 11.8 Å². The highest BCUT2D eigenvalue weighted by atomic mass is 32.2. The van der Waals surface area contributed by atoms with Crippen LogP contribution in [0, 0.1) is 0 Å². The van der Waals surface area contributed by atoms with Gasteiger partial charge in [0.15, 0.2) is 0 Å².